The quantitative estimate of drug-likeness (QED) is 0.530. The van der Waals surface area contributed by atoms with Crippen LogP contribution in [-0.4, -0.2) is 41.5 Å². The number of carbonyl (C=O) groups is 3. The van der Waals surface area contributed by atoms with Gasteiger partial charge < -0.3 is 10.6 Å². The number of terminal acetylenes is 1. The highest BCUT2D eigenvalue weighted by Gasteiger charge is 2.49. The van der Waals surface area contributed by atoms with Gasteiger partial charge in [-0.05, 0) is 19.4 Å². The number of nitrogens with one attached hydrogen (secondary N) is 2. The number of imide groups is 1. The zero-order chi connectivity index (χ0) is 20.4. The van der Waals surface area contributed by atoms with Crippen LogP contribution in [0.25, 0.3) is 0 Å². The second kappa shape index (κ2) is 7.43. The number of urea groups is 1. The van der Waals surface area contributed by atoms with Gasteiger partial charge in [0.15, 0.2) is 5.66 Å². The van der Waals surface area contributed by atoms with Gasteiger partial charge >= 0.3 is 6.03 Å². The van der Waals surface area contributed by atoms with Crippen LogP contribution in [0.5, 0.6) is 0 Å². The normalized spacial score (nSPS) is 22.0. The second-order valence-electron chi connectivity index (χ2n) is 7.30. The summed E-state index contributed by atoms with van der Waals surface area (Å²) in [6.07, 6.45) is 7.02. The summed E-state index contributed by atoms with van der Waals surface area (Å²) in [5, 5.41) is 13.4. The van der Waals surface area contributed by atoms with Gasteiger partial charge in [0.05, 0.1) is 0 Å². The van der Waals surface area contributed by atoms with E-state index in [9.17, 15) is 14.4 Å². The van der Waals surface area contributed by atoms with Crippen molar-refractivity contribution in [2.24, 2.45) is 10.2 Å². The summed E-state index contributed by atoms with van der Waals surface area (Å²) in [4.78, 5) is 38.3. The molecule has 2 aliphatic rings. The van der Waals surface area contributed by atoms with E-state index in [4.69, 9.17) is 6.42 Å². The molecule has 2 heterocycles. The molecule has 1 aromatic rings. The average Bonchev–Trinajstić information content (AvgIpc) is 3.39. The minimum Gasteiger partial charge on any atom is -0.354 e. The Balaban J connectivity index is 1.55. The standard InChI is InChI=1S/C20H23N5O3/c1-4-5-10-20(23-24-20)11-12-21-16(26)13-25-17(27)19(3,22-18(25)28)15-8-6-14(2)7-9-15/h1,6-9H,5,10-13H2,2-3H3,(H,21,26)(H,22,28). The zero-order valence-corrected chi connectivity index (χ0v) is 16.0. The molecule has 0 radical (unpaired) electrons. The van der Waals surface area contributed by atoms with Crippen molar-refractivity contribution in [2.45, 2.75) is 44.3 Å². The van der Waals surface area contributed by atoms with Crippen LogP contribution < -0.4 is 10.6 Å². The minimum atomic E-state index is -1.18. The van der Waals surface area contributed by atoms with Crippen molar-refractivity contribution < 1.29 is 14.4 Å². The van der Waals surface area contributed by atoms with Crippen molar-refractivity contribution in [2.75, 3.05) is 13.1 Å². The first-order valence-corrected chi connectivity index (χ1v) is 9.15. The van der Waals surface area contributed by atoms with Crippen molar-refractivity contribution in [1.82, 2.24) is 15.5 Å². The Kier molecular flexibility index (Phi) is 5.18. The van der Waals surface area contributed by atoms with Gasteiger partial charge in [0, 0.05) is 25.8 Å². The largest absolute Gasteiger partial charge is 0.354 e. The molecule has 3 rings (SSSR count). The SMILES string of the molecule is C#CCCC1(CCNC(=O)CN2C(=O)NC(C)(c3ccc(C)cc3)C2=O)N=N1. The molecule has 0 aromatic heterocycles. The number of hydrogen-bond acceptors (Lipinski definition) is 5. The molecular weight excluding hydrogens is 358 g/mol. The van der Waals surface area contributed by atoms with Crippen LogP contribution in [0.3, 0.4) is 0 Å². The Bertz CT molecular complexity index is 865. The Labute approximate surface area is 163 Å². The van der Waals surface area contributed by atoms with E-state index in [1.807, 2.05) is 19.1 Å². The van der Waals surface area contributed by atoms with Gasteiger partial charge in [-0.15, -0.1) is 12.3 Å². The molecule has 0 saturated carbocycles. The van der Waals surface area contributed by atoms with Gasteiger partial charge in [0.25, 0.3) is 5.91 Å². The van der Waals surface area contributed by atoms with Gasteiger partial charge in [-0.2, -0.15) is 10.2 Å². The number of carbonyl (C=O) groups excluding carboxylic acids is 3. The van der Waals surface area contributed by atoms with Crippen molar-refractivity contribution in [3.63, 3.8) is 0 Å². The smallest absolute Gasteiger partial charge is 0.325 e. The zero-order valence-electron chi connectivity index (χ0n) is 16.0. The summed E-state index contributed by atoms with van der Waals surface area (Å²) >= 11 is 0. The molecule has 1 aromatic carbocycles. The number of aryl methyl sites for hydroxylation is 1. The lowest BCUT2D eigenvalue weighted by Gasteiger charge is -2.22. The molecule has 1 saturated heterocycles. The number of amides is 4. The predicted molar refractivity (Wildman–Crippen MR) is 102 cm³/mol. The first-order valence-electron chi connectivity index (χ1n) is 9.15. The fraction of sp³-hybridized carbons (Fsp3) is 0.450. The Hall–Kier alpha value is -3.21. The topological polar surface area (TPSA) is 103 Å². The highest BCUT2D eigenvalue weighted by atomic mass is 16.2. The second-order valence-corrected chi connectivity index (χ2v) is 7.30. The fourth-order valence-electron chi connectivity index (χ4n) is 3.19. The van der Waals surface area contributed by atoms with Crippen LogP contribution >= 0.6 is 0 Å². The average molecular weight is 381 g/mol. The molecule has 2 N–H and O–H groups in total. The van der Waals surface area contributed by atoms with Gasteiger partial charge in [-0.1, -0.05) is 29.8 Å². The van der Waals surface area contributed by atoms with E-state index in [1.165, 1.54) is 0 Å². The molecule has 1 fully saturated rings. The summed E-state index contributed by atoms with van der Waals surface area (Å²) < 4.78 is 0. The van der Waals surface area contributed by atoms with Crippen LogP contribution in [0.2, 0.25) is 0 Å². The number of nitrogens with zero attached hydrogens (tertiary/aromatic N) is 3. The highest BCUT2D eigenvalue weighted by Crippen LogP contribution is 2.36. The third kappa shape index (κ3) is 3.88. The summed E-state index contributed by atoms with van der Waals surface area (Å²) in [7, 11) is 0. The van der Waals surface area contributed by atoms with E-state index in [0.29, 0.717) is 31.4 Å². The van der Waals surface area contributed by atoms with Crippen molar-refractivity contribution in [3.8, 4) is 12.3 Å². The molecule has 2 aliphatic heterocycles. The molecule has 1 atom stereocenters. The first-order chi connectivity index (χ1) is 13.3. The van der Waals surface area contributed by atoms with Crippen molar-refractivity contribution in [1.29, 1.82) is 0 Å². The number of rotatable bonds is 8. The van der Waals surface area contributed by atoms with Gasteiger partial charge in [0.2, 0.25) is 5.91 Å². The van der Waals surface area contributed by atoms with E-state index in [2.05, 4.69) is 26.8 Å². The number of benzene rings is 1. The Morgan fingerprint density at radius 2 is 1.93 bits per heavy atom. The lowest BCUT2D eigenvalue weighted by atomic mass is 9.91. The summed E-state index contributed by atoms with van der Waals surface area (Å²) in [6.45, 7) is 3.59. The van der Waals surface area contributed by atoms with Crippen LogP contribution in [-0.2, 0) is 15.1 Å². The molecule has 146 valence electrons. The monoisotopic (exact) mass is 381 g/mol. The van der Waals surface area contributed by atoms with E-state index in [1.54, 1.807) is 19.1 Å². The molecule has 8 nitrogen and oxygen atoms in total. The van der Waals surface area contributed by atoms with Crippen molar-refractivity contribution in [3.05, 3.63) is 35.4 Å². The molecule has 0 spiro atoms. The van der Waals surface area contributed by atoms with Crippen LogP contribution in [0.4, 0.5) is 4.79 Å². The third-order valence-corrected chi connectivity index (χ3v) is 5.11. The van der Waals surface area contributed by atoms with Crippen molar-refractivity contribution >= 4 is 17.8 Å². The number of hydrogen-bond donors (Lipinski definition) is 2. The molecule has 8 heteroatoms. The molecular formula is C20H23N5O3. The molecule has 0 bridgehead atoms. The molecule has 4 amide bonds. The third-order valence-electron chi connectivity index (χ3n) is 5.11. The molecule has 28 heavy (non-hydrogen) atoms. The summed E-state index contributed by atoms with van der Waals surface area (Å²) in [5.41, 5.74) is 0.0573. The van der Waals surface area contributed by atoms with Gasteiger partial charge in [0.1, 0.15) is 12.1 Å². The van der Waals surface area contributed by atoms with E-state index < -0.39 is 29.0 Å². The van der Waals surface area contributed by atoms with E-state index >= 15 is 0 Å². The Morgan fingerprint density at radius 1 is 1.25 bits per heavy atom. The maximum atomic E-state index is 12.8. The van der Waals surface area contributed by atoms with Crippen LogP contribution in [0.1, 0.15) is 37.3 Å². The van der Waals surface area contributed by atoms with Crippen LogP contribution in [0.15, 0.2) is 34.5 Å². The summed E-state index contributed by atoms with van der Waals surface area (Å²) in [5.74, 6) is 1.69. The maximum Gasteiger partial charge on any atom is 0.325 e. The van der Waals surface area contributed by atoms with Gasteiger partial charge in [-0.25, -0.2) is 4.79 Å². The predicted octanol–water partition coefficient (Wildman–Crippen LogP) is 1.84. The lowest BCUT2D eigenvalue weighted by Crippen LogP contribution is -2.43. The van der Waals surface area contributed by atoms with E-state index in [0.717, 1.165) is 10.5 Å². The highest BCUT2D eigenvalue weighted by molar-refractivity contribution is 6.09. The minimum absolute atomic E-state index is 0.336. The molecule has 1 unspecified atom stereocenters. The van der Waals surface area contributed by atoms with E-state index in [-0.39, 0.29) is 6.54 Å². The summed E-state index contributed by atoms with van der Waals surface area (Å²) in [6, 6.07) is 6.77. The Morgan fingerprint density at radius 3 is 2.54 bits per heavy atom. The molecule has 0 aliphatic carbocycles. The fourth-order valence-corrected chi connectivity index (χ4v) is 3.19. The van der Waals surface area contributed by atoms with Gasteiger partial charge in [-0.3, -0.25) is 14.5 Å². The lowest BCUT2D eigenvalue weighted by molar-refractivity contribution is -0.134. The van der Waals surface area contributed by atoms with Crippen LogP contribution in [0, 0.1) is 19.3 Å². The first kappa shape index (κ1) is 19.5. The maximum absolute atomic E-state index is 12.8.